The summed E-state index contributed by atoms with van der Waals surface area (Å²) in [6, 6.07) is 9.09. The van der Waals surface area contributed by atoms with Gasteiger partial charge in [0.2, 0.25) is 5.43 Å². The quantitative estimate of drug-likeness (QED) is 0.771. The van der Waals surface area contributed by atoms with Crippen molar-refractivity contribution in [2.75, 3.05) is 30.4 Å². The van der Waals surface area contributed by atoms with Crippen molar-refractivity contribution >= 4 is 23.2 Å². The van der Waals surface area contributed by atoms with E-state index >= 15 is 0 Å². The largest absolute Gasteiger partial charge is 0.493 e. The molecule has 3 N–H and O–H groups in total. The Bertz CT molecular complexity index is 980. The zero-order valence-electron chi connectivity index (χ0n) is 16.6. The molecule has 1 aliphatic heterocycles. The third-order valence-electron chi connectivity index (χ3n) is 4.75. The summed E-state index contributed by atoms with van der Waals surface area (Å²) in [5.74, 6) is -0.255. The summed E-state index contributed by atoms with van der Waals surface area (Å²) in [5, 5.41) is 3.05. The van der Waals surface area contributed by atoms with Crippen molar-refractivity contribution in [3.8, 4) is 5.75 Å². The number of carbonyl (C=O) groups is 1. The first-order chi connectivity index (χ1) is 13.8. The summed E-state index contributed by atoms with van der Waals surface area (Å²) in [6.07, 6.45) is -0.953. The van der Waals surface area contributed by atoms with Gasteiger partial charge in [0.25, 0.3) is 0 Å². The van der Waals surface area contributed by atoms with Gasteiger partial charge < -0.3 is 20.5 Å². The van der Waals surface area contributed by atoms with E-state index in [4.69, 9.17) is 15.2 Å². The van der Waals surface area contributed by atoms with E-state index < -0.39 is 18.0 Å². The van der Waals surface area contributed by atoms with Crippen LogP contribution in [0.2, 0.25) is 0 Å². The number of hydrogen-bond donors (Lipinski definition) is 2. The van der Waals surface area contributed by atoms with Crippen molar-refractivity contribution in [1.82, 2.24) is 0 Å². The van der Waals surface area contributed by atoms with E-state index in [1.165, 1.54) is 24.1 Å². The normalized spacial score (nSPS) is 16.1. The average molecular weight is 401 g/mol. The molecule has 8 heteroatoms. The van der Waals surface area contributed by atoms with Crippen LogP contribution in [0.5, 0.6) is 5.75 Å². The van der Waals surface area contributed by atoms with Crippen LogP contribution in [-0.4, -0.2) is 32.4 Å². The second kappa shape index (κ2) is 8.48. The Hall–Kier alpha value is -3.13. The van der Waals surface area contributed by atoms with Gasteiger partial charge in [0, 0.05) is 12.2 Å². The molecule has 7 nitrogen and oxygen atoms in total. The molecule has 154 valence electrons. The molecule has 1 amide bonds. The van der Waals surface area contributed by atoms with Crippen LogP contribution in [0.25, 0.3) is 0 Å². The van der Waals surface area contributed by atoms with E-state index in [0.29, 0.717) is 11.4 Å². The summed E-state index contributed by atoms with van der Waals surface area (Å²) < 4.78 is 25.1. The van der Waals surface area contributed by atoms with Crippen molar-refractivity contribution < 1.29 is 18.7 Å². The number of nitrogens with one attached hydrogen (secondary N) is 1. The zero-order chi connectivity index (χ0) is 21.1. The maximum Gasteiger partial charge on any atom is 0.414 e. The molecule has 0 radical (unpaired) electrons. The molecule has 0 bridgehead atoms. The highest BCUT2D eigenvalue weighted by atomic mass is 19.1. The lowest BCUT2D eigenvalue weighted by molar-refractivity contribution is 0.145. The molecule has 0 saturated carbocycles. The van der Waals surface area contributed by atoms with E-state index in [9.17, 15) is 14.0 Å². The van der Waals surface area contributed by atoms with Crippen LogP contribution in [0.15, 0.2) is 41.2 Å². The third kappa shape index (κ3) is 4.32. The van der Waals surface area contributed by atoms with Crippen molar-refractivity contribution in [3.63, 3.8) is 0 Å². The van der Waals surface area contributed by atoms with Crippen LogP contribution in [0.1, 0.15) is 25.3 Å². The summed E-state index contributed by atoms with van der Waals surface area (Å²) in [7, 11) is 1.44. The number of nitrogens with zero attached hydrogens (tertiary/aromatic N) is 1. The smallest absolute Gasteiger partial charge is 0.414 e. The summed E-state index contributed by atoms with van der Waals surface area (Å²) >= 11 is 0. The SMILES string of the molecule is COc1cc(C(C)C)c(Nc2ccc(N3CC(CN)OC3=O)cc2F)ccc1=O. The Labute approximate surface area is 168 Å². The van der Waals surface area contributed by atoms with Gasteiger partial charge in [-0.15, -0.1) is 0 Å². The molecule has 1 aliphatic rings. The van der Waals surface area contributed by atoms with Crippen molar-refractivity contribution in [1.29, 1.82) is 0 Å². The van der Waals surface area contributed by atoms with Crippen LogP contribution < -0.4 is 26.1 Å². The first-order valence-corrected chi connectivity index (χ1v) is 9.31. The number of nitrogens with two attached hydrogens (primary N) is 1. The highest BCUT2D eigenvalue weighted by molar-refractivity contribution is 5.90. The molecule has 2 aromatic carbocycles. The van der Waals surface area contributed by atoms with Crippen LogP contribution in [0, 0.1) is 5.82 Å². The monoisotopic (exact) mass is 401 g/mol. The van der Waals surface area contributed by atoms with E-state index in [0.717, 1.165) is 5.56 Å². The molecule has 0 aliphatic carbocycles. The topological polar surface area (TPSA) is 93.9 Å². The molecular formula is C21H24FN3O4. The minimum atomic E-state index is -0.548. The van der Waals surface area contributed by atoms with Gasteiger partial charge in [0.05, 0.1) is 25.0 Å². The molecule has 1 fully saturated rings. The van der Waals surface area contributed by atoms with Gasteiger partial charge in [-0.2, -0.15) is 0 Å². The lowest BCUT2D eigenvalue weighted by Gasteiger charge is -2.16. The Balaban J connectivity index is 1.93. The highest BCUT2D eigenvalue weighted by Crippen LogP contribution is 2.31. The van der Waals surface area contributed by atoms with Gasteiger partial charge in [-0.25, -0.2) is 9.18 Å². The molecule has 3 rings (SSSR count). The predicted molar refractivity (Wildman–Crippen MR) is 110 cm³/mol. The molecular weight excluding hydrogens is 377 g/mol. The Morgan fingerprint density at radius 1 is 1.24 bits per heavy atom. The van der Waals surface area contributed by atoms with Crippen molar-refractivity contribution in [2.45, 2.75) is 25.9 Å². The number of anilines is 3. The second-order valence-corrected chi connectivity index (χ2v) is 7.08. The van der Waals surface area contributed by atoms with Crippen molar-refractivity contribution in [3.05, 3.63) is 58.0 Å². The predicted octanol–water partition coefficient (Wildman–Crippen LogP) is 3.35. The molecule has 1 atom stereocenters. The molecule has 0 spiro atoms. The van der Waals surface area contributed by atoms with E-state index in [-0.39, 0.29) is 35.9 Å². The fourth-order valence-electron chi connectivity index (χ4n) is 3.15. The number of benzene rings is 1. The number of carbonyl (C=O) groups excluding carboxylic acids is 1. The summed E-state index contributed by atoms with van der Waals surface area (Å²) in [4.78, 5) is 25.4. The first kappa shape index (κ1) is 20.6. The average Bonchev–Trinajstić information content (AvgIpc) is 2.99. The number of amides is 1. The van der Waals surface area contributed by atoms with Crippen LogP contribution in [0.4, 0.5) is 26.2 Å². The van der Waals surface area contributed by atoms with Gasteiger partial charge in [-0.05, 0) is 47.9 Å². The molecule has 0 aromatic heterocycles. The maximum atomic E-state index is 14.8. The van der Waals surface area contributed by atoms with Crippen LogP contribution in [0.3, 0.4) is 0 Å². The minimum absolute atomic E-state index is 0.0631. The Morgan fingerprint density at radius 2 is 1.97 bits per heavy atom. The maximum absolute atomic E-state index is 14.8. The standard InChI is InChI=1S/C21H24FN3O4/c1-12(2)15-9-20(28-3)19(26)7-6-17(15)24-18-5-4-13(8-16(18)22)25-11-14(10-23)29-21(25)27/h4-9,12,14,24H,10-11,23H2,1-3H3. The van der Waals surface area contributed by atoms with Crippen LogP contribution >= 0.6 is 0 Å². The Kier molecular flexibility index (Phi) is 6.03. The number of rotatable bonds is 6. The molecule has 1 unspecified atom stereocenters. The number of cyclic esters (lactones) is 1. The van der Waals surface area contributed by atoms with E-state index in [1.807, 2.05) is 13.8 Å². The number of hydrogen-bond acceptors (Lipinski definition) is 6. The lowest BCUT2D eigenvalue weighted by Crippen LogP contribution is -2.27. The zero-order valence-corrected chi connectivity index (χ0v) is 16.6. The van der Waals surface area contributed by atoms with Crippen molar-refractivity contribution in [2.24, 2.45) is 5.73 Å². The lowest BCUT2D eigenvalue weighted by atomic mass is 10.0. The molecule has 1 heterocycles. The highest BCUT2D eigenvalue weighted by Gasteiger charge is 2.31. The van der Waals surface area contributed by atoms with Gasteiger partial charge in [0.15, 0.2) is 5.75 Å². The second-order valence-electron chi connectivity index (χ2n) is 7.08. The van der Waals surface area contributed by atoms with Gasteiger partial charge >= 0.3 is 6.09 Å². The van der Waals surface area contributed by atoms with Gasteiger partial charge in [0.1, 0.15) is 11.9 Å². The van der Waals surface area contributed by atoms with Crippen LogP contribution in [-0.2, 0) is 4.74 Å². The van der Waals surface area contributed by atoms with E-state index in [1.54, 1.807) is 24.3 Å². The number of methoxy groups -OCH3 is 1. The first-order valence-electron chi connectivity index (χ1n) is 9.31. The van der Waals surface area contributed by atoms with E-state index in [2.05, 4.69) is 5.32 Å². The minimum Gasteiger partial charge on any atom is -0.493 e. The number of ether oxygens (including phenoxy) is 2. The molecule has 2 aromatic rings. The molecule has 29 heavy (non-hydrogen) atoms. The Morgan fingerprint density at radius 3 is 2.55 bits per heavy atom. The fraction of sp³-hybridized carbons (Fsp3) is 0.333. The molecule has 1 saturated heterocycles. The third-order valence-corrected chi connectivity index (χ3v) is 4.75. The summed E-state index contributed by atoms with van der Waals surface area (Å²) in [6.45, 7) is 4.42. The number of halogens is 1. The fourth-order valence-corrected chi connectivity index (χ4v) is 3.15. The van der Waals surface area contributed by atoms with Gasteiger partial charge in [-0.3, -0.25) is 9.69 Å². The summed E-state index contributed by atoms with van der Waals surface area (Å²) in [5.41, 5.74) is 7.28. The van der Waals surface area contributed by atoms with Gasteiger partial charge in [-0.1, -0.05) is 13.8 Å².